The Balaban J connectivity index is 2.20. The minimum absolute atomic E-state index is 0.00722. The first-order chi connectivity index (χ1) is 8.56. The second kappa shape index (κ2) is 5.55. The summed E-state index contributed by atoms with van der Waals surface area (Å²) in [7, 11) is 0. The van der Waals surface area contributed by atoms with E-state index in [1.807, 2.05) is 49.4 Å². The molecule has 0 aliphatic heterocycles. The van der Waals surface area contributed by atoms with Gasteiger partial charge in [-0.3, -0.25) is 0 Å². The van der Waals surface area contributed by atoms with Gasteiger partial charge in [0, 0.05) is 10.5 Å². The standard InChI is InChI=1S/C15H16BrNO/c1-10-3-5-12(6-4-10)18-13-7-8-14(11(2)17)15(16)9-13/h3-9,11H,17H2,1-2H3. The first kappa shape index (κ1) is 13.1. The van der Waals surface area contributed by atoms with Gasteiger partial charge in [-0.25, -0.2) is 0 Å². The van der Waals surface area contributed by atoms with Gasteiger partial charge in [0.2, 0.25) is 0 Å². The van der Waals surface area contributed by atoms with Gasteiger partial charge in [-0.15, -0.1) is 0 Å². The van der Waals surface area contributed by atoms with Crippen LogP contribution in [-0.2, 0) is 0 Å². The van der Waals surface area contributed by atoms with Gasteiger partial charge in [-0.1, -0.05) is 39.7 Å². The normalized spacial score (nSPS) is 12.2. The molecule has 2 nitrogen and oxygen atoms in total. The van der Waals surface area contributed by atoms with Gasteiger partial charge in [0.15, 0.2) is 0 Å². The van der Waals surface area contributed by atoms with E-state index in [1.165, 1.54) is 5.56 Å². The number of ether oxygens (including phenoxy) is 1. The van der Waals surface area contributed by atoms with E-state index < -0.39 is 0 Å². The lowest BCUT2D eigenvalue weighted by molar-refractivity contribution is 0.482. The van der Waals surface area contributed by atoms with Crippen molar-refractivity contribution < 1.29 is 4.74 Å². The van der Waals surface area contributed by atoms with E-state index in [0.717, 1.165) is 21.5 Å². The molecule has 0 saturated heterocycles. The van der Waals surface area contributed by atoms with Gasteiger partial charge in [0.05, 0.1) is 0 Å². The Morgan fingerprint density at radius 1 is 1.06 bits per heavy atom. The number of aryl methyl sites for hydroxylation is 1. The molecule has 0 saturated carbocycles. The van der Waals surface area contributed by atoms with Crippen LogP contribution in [-0.4, -0.2) is 0 Å². The van der Waals surface area contributed by atoms with Crippen molar-refractivity contribution in [3.63, 3.8) is 0 Å². The molecule has 0 fully saturated rings. The summed E-state index contributed by atoms with van der Waals surface area (Å²) in [5, 5.41) is 0. The fourth-order valence-corrected chi connectivity index (χ4v) is 2.40. The van der Waals surface area contributed by atoms with Crippen LogP contribution in [0.1, 0.15) is 24.1 Å². The summed E-state index contributed by atoms with van der Waals surface area (Å²) in [5.41, 5.74) is 8.16. The number of hydrogen-bond acceptors (Lipinski definition) is 2. The Hall–Kier alpha value is -1.32. The molecular formula is C15H16BrNO. The Morgan fingerprint density at radius 2 is 1.67 bits per heavy atom. The number of hydrogen-bond donors (Lipinski definition) is 1. The highest BCUT2D eigenvalue weighted by atomic mass is 79.9. The molecule has 3 heteroatoms. The summed E-state index contributed by atoms with van der Waals surface area (Å²) in [6.07, 6.45) is 0. The van der Waals surface area contributed by atoms with Crippen molar-refractivity contribution in [2.24, 2.45) is 5.73 Å². The molecular weight excluding hydrogens is 290 g/mol. The molecule has 0 aromatic heterocycles. The fourth-order valence-electron chi connectivity index (χ4n) is 1.68. The van der Waals surface area contributed by atoms with Gasteiger partial charge >= 0.3 is 0 Å². The molecule has 0 aliphatic rings. The highest BCUT2D eigenvalue weighted by molar-refractivity contribution is 9.10. The van der Waals surface area contributed by atoms with Crippen LogP contribution in [0.4, 0.5) is 0 Å². The van der Waals surface area contributed by atoms with E-state index in [9.17, 15) is 0 Å². The number of rotatable bonds is 3. The minimum Gasteiger partial charge on any atom is -0.457 e. The van der Waals surface area contributed by atoms with E-state index >= 15 is 0 Å². The largest absolute Gasteiger partial charge is 0.457 e. The van der Waals surface area contributed by atoms with Gasteiger partial charge in [-0.05, 0) is 43.7 Å². The molecule has 2 N–H and O–H groups in total. The third-order valence-corrected chi connectivity index (χ3v) is 3.41. The zero-order chi connectivity index (χ0) is 13.1. The summed E-state index contributed by atoms with van der Waals surface area (Å²) in [5.74, 6) is 1.64. The number of nitrogens with two attached hydrogens (primary N) is 1. The quantitative estimate of drug-likeness (QED) is 0.901. The third kappa shape index (κ3) is 3.12. The van der Waals surface area contributed by atoms with E-state index in [1.54, 1.807) is 0 Å². The highest BCUT2D eigenvalue weighted by Crippen LogP contribution is 2.29. The van der Waals surface area contributed by atoms with Crippen LogP contribution in [0.25, 0.3) is 0 Å². The second-order valence-corrected chi connectivity index (χ2v) is 5.24. The molecule has 1 atom stereocenters. The molecule has 2 aromatic carbocycles. The molecule has 18 heavy (non-hydrogen) atoms. The van der Waals surface area contributed by atoms with Gasteiger partial charge in [0.1, 0.15) is 11.5 Å². The maximum atomic E-state index is 5.86. The van der Waals surface area contributed by atoms with Crippen molar-refractivity contribution in [2.75, 3.05) is 0 Å². The van der Waals surface area contributed by atoms with E-state index in [0.29, 0.717) is 0 Å². The van der Waals surface area contributed by atoms with Crippen LogP contribution < -0.4 is 10.5 Å². The molecule has 0 bridgehead atoms. The summed E-state index contributed by atoms with van der Waals surface area (Å²) in [6.45, 7) is 4.01. The molecule has 1 unspecified atom stereocenters. The third-order valence-electron chi connectivity index (χ3n) is 2.72. The van der Waals surface area contributed by atoms with Crippen LogP contribution in [0.15, 0.2) is 46.9 Å². The first-order valence-corrected chi connectivity index (χ1v) is 6.65. The van der Waals surface area contributed by atoms with Crippen molar-refractivity contribution in [2.45, 2.75) is 19.9 Å². The summed E-state index contributed by atoms with van der Waals surface area (Å²) in [6, 6.07) is 13.8. The van der Waals surface area contributed by atoms with Crippen LogP contribution in [0, 0.1) is 6.92 Å². The van der Waals surface area contributed by atoms with Crippen LogP contribution in [0.2, 0.25) is 0 Å². The summed E-state index contributed by atoms with van der Waals surface area (Å²) < 4.78 is 6.75. The van der Waals surface area contributed by atoms with E-state index in [-0.39, 0.29) is 6.04 Å². The zero-order valence-electron chi connectivity index (χ0n) is 10.5. The Labute approximate surface area is 116 Å². The molecule has 2 aromatic rings. The zero-order valence-corrected chi connectivity index (χ0v) is 12.1. The van der Waals surface area contributed by atoms with Crippen molar-refractivity contribution >= 4 is 15.9 Å². The molecule has 0 aliphatic carbocycles. The summed E-state index contributed by atoms with van der Waals surface area (Å²) in [4.78, 5) is 0. The predicted octanol–water partition coefficient (Wildman–Crippen LogP) is 4.57. The van der Waals surface area contributed by atoms with Crippen molar-refractivity contribution in [1.82, 2.24) is 0 Å². The number of benzene rings is 2. The SMILES string of the molecule is Cc1ccc(Oc2ccc(C(C)N)c(Br)c2)cc1. The van der Waals surface area contributed by atoms with Crippen LogP contribution >= 0.6 is 15.9 Å². The average Bonchev–Trinajstić information content (AvgIpc) is 2.32. The van der Waals surface area contributed by atoms with E-state index in [4.69, 9.17) is 10.5 Å². The molecule has 0 radical (unpaired) electrons. The molecule has 0 amide bonds. The Kier molecular flexibility index (Phi) is 4.04. The molecule has 2 rings (SSSR count). The maximum absolute atomic E-state index is 5.86. The fraction of sp³-hybridized carbons (Fsp3) is 0.200. The van der Waals surface area contributed by atoms with Gasteiger partial charge < -0.3 is 10.5 Å². The smallest absolute Gasteiger partial charge is 0.128 e. The van der Waals surface area contributed by atoms with Crippen LogP contribution in [0.5, 0.6) is 11.5 Å². The minimum atomic E-state index is 0.00722. The summed E-state index contributed by atoms with van der Waals surface area (Å²) >= 11 is 3.51. The predicted molar refractivity (Wildman–Crippen MR) is 78.0 cm³/mol. The Bertz CT molecular complexity index is 535. The maximum Gasteiger partial charge on any atom is 0.128 e. The van der Waals surface area contributed by atoms with Crippen LogP contribution in [0.3, 0.4) is 0 Å². The van der Waals surface area contributed by atoms with Crippen molar-refractivity contribution in [3.8, 4) is 11.5 Å². The molecule has 94 valence electrons. The van der Waals surface area contributed by atoms with Crippen molar-refractivity contribution in [1.29, 1.82) is 0 Å². The monoisotopic (exact) mass is 305 g/mol. The Morgan fingerprint density at radius 3 is 2.22 bits per heavy atom. The van der Waals surface area contributed by atoms with Gasteiger partial charge in [-0.2, -0.15) is 0 Å². The molecule has 0 spiro atoms. The first-order valence-electron chi connectivity index (χ1n) is 5.86. The van der Waals surface area contributed by atoms with Crippen molar-refractivity contribution in [3.05, 3.63) is 58.1 Å². The lowest BCUT2D eigenvalue weighted by atomic mass is 10.1. The number of halogens is 1. The lowest BCUT2D eigenvalue weighted by Crippen LogP contribution is -2.05. The average molecular weight is 306 g/mol. The van der Waals surface area contributed by atoms with Gasteiger partial charge in [0.25, 0.3) is 0 Å². The second-order valence-electron chi connectivity index (χ2n) is 4.39. The lowest BCUT2D eigenvalue weighted by Gasteiger charge is -2.11. The molecule has 0 heterocycles. The highest BCUT2D eigenvalue weighted by Gasteiger charge is 2.06. The van der Waals surface area contributed by atoms with E-state index in [2.05, 4.69) is 22.9 Å². The topological polar surface area (TPSA) is 35.2 Å².